The van der Waals surface area contributed by atoms with Crippen LogP contribution in [0.1, 0.15) is 75.1 Å². The Morgan fingerprint density at radius 3 is 2.56 bits per heavy atom. The molecule has 39 heavy (non-hydrogen) atoms. The molecule has 0 aromatic heterocycles. The minimum atomic E-state index is -0.645. The predicted molar refractivity (Wildman–Crippen MR) is 150 cm³/mol. The molecule has 1 unspecified atom stereocenters. The number of halogens is 2. The lowest BCUT2D eigenvalue weighted by atomic mass is 9.89. The van der Waals surface area contributed by atoms with Crippen LogP contribution < -0.4 is 16.0 Å². The number of hydrogen-bond donors (Lipinski definition) is 3. The van der Waals surface area contributed by atoms with E-state index in [9.17, 15) is 18.4 Å². The standard InChI is InChI=1S/C32H37F2N3O2/c1-2-22-5-3-6-23(11-22)19-36-10-8-31(16-24-14-29(33)18-30(34)15-24)37-32(39)28-13-25(21-38)12-27(17-28)26-7-4-9-35-20-26/h3,5-6,11-15,17-18,21,26,31,35-36H,2,4,7-10,16,19-20H2,1H3,(H,37,39)/t26?,31-/m1/s1. The zero-order chi connectivity index (χ0) is 27.6. The van der Waals surface area contributed by atoms with E-state index in [0.29, 0.717) is 36.2 Å². The Morgan fingerprint density at radius 2 is 1.85 bits per heavy atom. The van der Waals surface area contributed by atoms with Gasteiger partial charge in [0.25, 0.3) is 5.91 Å². The highest BCUT2D eigenvalue weighted by molar-refractivity contribution is 5.96. The van der Waals surface area contributed by atoms with Gasteiger partial charge in [0.2, 0.25) is 0 Å². The molecule has 1 heterocycles. The summed E-state index contributed by atoms with van der Waals surface area (Å²) >= 11 is 0. The molecule has 1 fully saturated rings. The van der Waals surface area contributed by atoms with Crippen LogP contribution in [0, 0.1) is 11.6 Å². The van der Waals surface area contributed by atoms with Gasteiger partial charge in [-0.3, -0.25) is 9.59 Å². The fourth-order valence-corrected chi connectivity index (χ4v) is 5.22. The molecule has 0 saturated carbocycles. The molecular formula is C32H37F2N3O2. The van der Waals surface area contributed by atoms with Crippen LogP contribution in [0.5, 0.6) is 0 Å². The molecule has 1 amide bonds. The Hall–Kier alpha value is -3.42. The van der Waals surface area contributed by atoms with Crippen molar-refractivity contribution in [2.75, 3.05) is 19.6 Å². The van der Waals surface area contributed by atoms with Crippen molar-refractivity contribution in [3.63, 3.8) is 0 Å². The first kappa shape index (κ1) is 28.6. The second-order valence-electron chi connectivity index (χ2n) is 10.3. The Morgan fingerprint density at radius 1 is 1.05 bits per heavy atom. The van der Waals surface area contributed by atoms with Gasteiger partial charge in [-0.1, -0.05) is 31.2 Å². The number of amides is 1. The molecule has 3 aromatic rings. The van der Waals surface area contributed by atoms with Crippen molar-refractivity contribution in [1.82, 2.24) is 16.0 Å². The van der Waals surface area contributed by atoms with Gasteiger partial charge < -0.3 is 16.0 Å². The van der Waals surface area contributed by atoms with E-state index in [1.54, 1.807) is 6.07 Å². The average molecular weight is 534 g/mol. The molecule has 7 heteroatoms. The second-order valence-corrected chi connectivity index (χ2v) is 10.3. The summed E-state index contributed by atoms with van der Waals surface area (Å²) in [5.41, 5.74) is 4.77. The van der Waals surface area contributed by atoms with E-state index in [1.807, 2.05) is 18.2 Å². The first-order chi connectivity index (χ1) is 18.9. The minimum Gasteiger partial charge on any atom is -0.349 e. The molecule has 0 spiro atoms. The van der Waals surface area contributed by atoms with E-state index < -0.39 is 11.6 Å². The van der Waals surface area contributed by atoms with Crippen molar-refractivity contribution in [1.29, 1.82) is 0 Å². The van der Waals surface area contributed by atoms with Crippen LogP contribution in [0.15, 0.2) is 60.7 Å². The lowest BCUT2D eigenvalue weighted by molar-refractivity contribution is 0.0934. The van der Waals surface area contributed by atoms with Crippen LogP contribution >= 0.6 is 0 Å². The van der Waals surface area contributed by atoms with Gasteiger partial charge in [0, 0.05) is 36.3 Å². The van der Waals surface area contributed by atoms with Crippen LogP contribution in [0.25, 0.3) is 0 Å². The van der Waals surface area contributed by atoms with Crippen molar-refractivity contribution >= 4 is 12.2 Å². The van der Waals surface area contributed by atoms with Crippen molar-refractivity contribution in [3.8, 4) is 0 Å². The molecule has 0 aliphatic carbocycles. The number of rotatable bonds is 12. The Kier molecular flexibility index (Phi) is 10.3. The molecule has 4 rings (SSSR count). The fraction of sp³-hybridized carbons (Fsp3) is 0.375. The Labute approximate surface area is 229 Å². The van der Waals surface area contributed by atoms with Gasteiger partial charge in [-0.25, -0.2) is 8.78 Å². The first-order valence-corrected chi connectivity index (χ1v) is 13.8. The number of aryl methyl sites for hydroxylation is 1. The minimum absolute atomic E-state index is 0.242. The number of carbonyl (C=O) groups is 2. The number of nitrogens with one attached hydrogen (secondary N) is 3. The van der Waals surface area contributed by atoms with Crippen LogP contribution in [-0.4, -0.2) is 37.9 Å². The van der Waals surface area contributed by atoms with Gasteiger partial charge in [-0.15, -0.1) is 0 Å². The molecule has 1 saturated heterocycles. The summed E-state index contributed by atoms with van der Waals surface area (Å²) in [6.07, 6.45) is 4.61. The van der Waals surface area contributed by atoms with E-state index in [0.717, 1.165) is 50.3 Å². The number of benzene rings is 3. The molecule has 3 N–H and O–H groups in total. The predicted octanol–water partition coefficient (Wildman–Crippen LogP) is 5.33. The maximum atomic E-state index is 13.9. The summed E-state index contributed by atoms with van der Waals surface area (Å²) < 4.78 is 27.8. The number of hydrogen-bond acceptors (Lipinski definition) is 4. The summed E-state index contributed by atoms with van der Waals surface area (Å²) in [5, 5.41) is 9.86. The molecule has 5 nitrogen and oxygen atoms in total. The third-order valence-electron chi connectivity index (χ3n) is 7.28. The largest absolute Gasteiger partial charge is 0.349 e. The third kappa shape index (κ3) is 8.53. The van der Waals surface area contributed by atoms with Crippen molar-refractivity contribution in [2.45, 2.75) is 57.5 Å². The second kappa shape index (κ2) is 14.1. The monoisotopic (exact) mass is 533 g/mol. The van der Waals surface area contributed by atoms with E-state index in [4.69, 9.17) is 0 Å². The quantitative estimate of drug-likeness (QED) is 0.218. The van der Waals surface area contributed by atoms with E-state index in [1.165, 1.54) is 23.3 Å². The van der Waals surface area contributed by atoms with Gasteiger partial charge >= 0.3 is 0 Å². The Balaban J connectivity index is 1.47. The van der Waals surface area contributed by atoms with Gasteiger partial charge in [-0.2, -0.15) is 0 Å². The fourth-order valence-electron chi connectivity index (χ4n) is 5.22. The summed E-state index contributed by atoms with van der Waals surface area (Å²) in [6.45, 7) is 5.19. The smallest absolute Gasteiger partial charge is 0.251 e. The first-order valence-electron chi connectivity index (χ1n) is 13.8. The average Bonchev–Trinajstić information content (AvgIpc) is 2.95. The highest BCUT2D eigenvalue weighted by Gasteiger charge is 2.20. The summed E-state index contributed by atoms with van der Waals surface area (Å²) in [7, 11) is 0. The number of aldehydes is 1. The maximum Gasteiger partial charge on any atom is 0.251 e. The van der Waals surface area contributed by atoms with Crippen LogP contribution in [-0.2, 0) is 19.4 Å². The maximum absolute atomic E-state index is 13.9. The SMILES string of the molecule is CCc1cccc(CNCC[C@H](Cc2cc(F)cc(F)c2)NC(=O)c2cc(C=O)cc(C3CCCNC3)c2)c1. The molecule has 1 aliphatic heterocycles. The van der Waals surface area contributed by atoms with Crippen molar-refractivity contribution < 1.29 is 18.4 Å². The normalized spacial score (nSPS) is 16.0. The van der Waals surface area contributed by atoms with E-state index >= 15 is 0 Å². The molecule has 0 bridgehead atoms. The number of piperidine rings is 1. The van der Waals surface area contributed by atoms with E-state index in [-0.39, 0.29) is 24.3 Å². The molecule has 2 atom stereocenters. The molecule has 3 aromatic carbocycles. The topological polar surface area (TPSA) is 70.2 Å². The molecule has 206 valence electrons. The van der Waals surface area contributed by atoms with Crippen molar-refractivity contribution in [2.24, 2.45) is 0 Å². The van der Waals surface area contributed by atoms with E-state index in [2.05, 4.69) is 41.1 Å². The zero-order valence-electron chi connectivity index (χ0n) is 22.4. The lowest BCUT2D eigenvalue weighted by Gasteiger charge is -2.24. The lowest BCUT2D eigenvalue weighted by Crippen LogP contribution is -2.38. The van der Waals surface area contributed by atoms with Gasteiger partial charge in [0.15, 0.2) is 0 Å². The third-order valence-corrected chi connectivity index (χ3v) is 7.28. The zero-order valence-corrected chi connectivity index (χ0v) is 22.4. The van der Waals surface area contributed by atoms with Gasteiger partial charge in [0.1, 0.15) is 17.9 Å². The van der Waals surface area contributed by atoms with Crippen LogP contribution in [0.3, 0.4) is 0 Å². The van der Waals surface area contributed by atoms with Gasteiger partial charge in [0.05, 0.1) is 0 Å². The Bertz CT molecular complexity index is 1250. The highest BCUT2D eigenvalue weighted by atomic mass is 19.1. The number of carbonyl (C=O) groups excluding carboxylic acids is 2. The molecule has 0 radical (unpaired) electrons. The molecule has 1 aliphatic rings. The summed E-state index contributed by atoms with van der Waals surface area (Å²) in [5.74, 6) is -1.35. The van der Waals surface area contributed by atoms with Crippen molar-refractivity contribution in [3.05, 3.63) is 106 Å². The molecular weight excluding hydrogens is 496 g/mol. The summed E-state index contributed by atoms with van der Waals surface area (Å²) in [4.78, 5) is 25.0. The van der Waals surface area contributed by atoms with Gasteiger partial charge in [-0.05, 0) is 104 Å². The van der Waals surface area contributed by atoms with Crippen LogP contribution in [0.2, 0.25) is 0 Å². The highest BCUT2D eigenvalue weighted by Crippen LogP contribution is 2.25. The summed E-state index contributed by atoms with van der Waals surface area (Å²) in [6, 6.07) is 16.8. The van der Waals surface area contributed by atoms with Crippen LogP contribution in [0.4, 0.5) is 8.78 Å².